The zero-order valence-electron chi connectivity index (χ0n) is 18.2. The molecule has 34 heavy (non-hydrogen) atoms. The molecule has 1 aromatic rings. The van der Waals surface area contributed by atoms with Crippen LogP contribution in [0.1, 0.15) is 31.4 Å². The van der Waals surface area contributed by atoms with E-state index in [9.17, 15) is 61.0 Å². The Morgan fingerprint density at radius 2 is 1.47 bits per heavy atom. The van der Waals surface area contributed by atoms with E-state index in [1.54, 1.807) is 13.8 Å². The van der Waals surface area contributed by atoms with E-state index in [2.05, 4.69) is 4.74 Å². The van der Waals surface area contributed by atoms with E-state index in [0.29, 0.717) is 12.1 Å². The normalized spacial score (nSPS) is 30.0. The predicted octanol–water partition coefficient (Wildman–Crippen LogP) is -5.06. The summed E-state index contributed by atoms with van der Waals surface area (Å²) in [6.07, 6.45) is -4.30. The van der Waals surface area contributed by atoms with Gasteiger partial charge in [0.15, 0.2) is 11.5 Å². The van der Waals surface area contributed by atoms with Crippen LogP contribution < -0.4 is 9.47 Å². The fourth-order valence-corrected chi connectivity index (χ4v) is 4.51. The second kappa shape index (κ2) is 7.50. The van der Waals surface area contributed by atoms with Gasteiger partial charge in [-0.3, -0.25) is 4.79 Å². The number of aliphatic hydroxyl groups is 11. The van der Waals surface area contributed by atoms with Gasteiger partial charge in [-0.2, -0.15) is 0 Å². The molecule has 15 nitrogen and oxygen atoms in total. The maximum absolute atomic E-state index is 13.0. The number of methoxy groups -OCH3 is 1. The number of benzene rings is 1. The Bertz CT molecular complexity index is 999. The number of hydrogen-bond donors (Lipinski definition) is 11. The third-order valence-electron chi connectivity index (χ3n) is 5.93. The highest BCUT2D eigenvalue weighted by molar-refractivity contribution is 5.95. The first-order valence-electron chi connectivity index (χ1n) is 9.87. The number of carbonyl (C=O) groups is 1. The number of fused-ring (bicyclic) bond motifs is 3. The van der Waals surface area contributed by atoms with Gasteiger partial charge in [0, 0.05) is 17.7 Å². The molecule has 0 amide bonds. The molecule has 1 aromatic carbocycles. The van der Waals surface area contributed by atoms with Crippen LogP contribution in [0.4, 0.5) is 0 Å². The quantitative estimate of drug-likeness (QED) is 0.171. The fourth-order valence-electron chi connectivity index (χ4n) is 4.51. The number of Topliss-reactive ketones (excluding diaryl/α,β-unsaturated/α-hetero) is 1. The molecule has 2 unspecified atom stereocenters. The molecule has 0 radical (unpaired) electrons. The Morgan fingerprint density at radius 1 is 0.941 bits per heavy atom. The van der Waals surface area contributed by atoms with E-state index < -0.39 is 82.3 Å². The first-order chi connectivity index (χ1) is 15.2. The average molecular weight is 493 g/mol. The van der Waals surface area contributed by atoms with Crippen LogP contribution >= 0.6 is 0 Å². The lowest BCUT2D eigenvalue weighted by molar-refractivity contribution is -0.491. The summed E-state index contributed by atoms with van der Waals surface area (Å²) < 4.78 is 9.32. The molecule has 2 aliphatic heterocycles. The summed E-state index contributed by atoms with van der Waals surface area (Å²) in [6.45, 7) is 1.86. The highest BCUT2D eigenvalue weighted by Gasteiger charge is 2.78. The van der Waals surface area contributed by atoms with E-state index in [1.165, 1.54) is 0 Å². The molecule has 11 N–H and O–H groups in total. The van der Waals surface area contributed by atoms with Crippen LogP contribution in [-0.2, 0) is 16.3 Å². The van der Waals surface area contributed by atoms with Crippen LogP contribution in [0, 0.1) is 5.92 Å². The standard InChI is InChI=1S/C19H27NO14/c1-8(2)6-14(22)7-20-15(23,17(26,27)13(14)21)9-4-12(34-19(30,31)32)11(33-3)5-10(9)16(24,25)18(20,28)29/h4-5,8,22-32H,6-7H2,1-3H3. The van der Waals surface area contributed by atoms with Crippen LogP contribution in [-0.4, -0.2) is 104 Å². The molecule has 192 valence electrons. The van der Waals surface area contributed by atoms with Crippen molar-refractivity contribution in [3.63, 3.8) is 0 Å². The van der Waals surface area contributed by atoms with E-state index in [0.717, 1.165) is 7.11 Å². The van der Waals surface area contributed by atoms with Crippen LogP contribution in [0.15, 0.2) is 12.1 Å². The molecule has 0 spiro atoms. The van der Waals surface area contributed by atoms with Gasteiger partial charge in [-0.1, -0.05) is 13.8 Å². The van der Waals surface area contributed by atoms with Gasteiger partial charge in [-0.15, -0.1) is 0 Å². The van der Waals surface area contributed by atoms with Gasteiger partial charge < -0.3 is 65.6 Å². The lowest BCUT2D eigenvalue weighted by Crippen LogP contribution is -2.85. The molecule has 0 bridgehead atoms. The molecule has 15 heteroatoms. The van der Waals surface area contributed by atoms with Gasteiger partial charge in [0.1, 0.15) is 5.60 Å². The molecule has 0 aromatic heterocycles. The summed E-state index contributed by atoms with van der Waals surface area (Å²) in [6, 6.07) is 1.07. The maximum atomic E-state index is 13.0. The average Bonchev–Trinajstić information content (AvgIpc) is 2.66. The third kappa shape index (κ3) is 3.49. The van der Waals surface area contributed by atoms with Crippen LogP contribution in [0.25, 0.3) is 0 Å². The highest BCUT2D eigenvalue weighted by atomic mass is 16.9. The van der Waals surface area contributed by atoms with Gasteiger partial charge in [-0.25, -0.2) is 4.90 Å². The van der Waals surface area contributed by atoms with Gasteiger partial charge in [-0.05, 0) is 24.5 Å². The Labute approximate surface area is 191 Å². The summed E-state index contributed by atoms with van der Waals surface area (Å²) in [5, 5.41) is 114. The first kappa shape index (κ1) is 26.6. The number of piperidine rings is 1. The van der Waals surface area contributed by atoms with Crippen LogP contribution in [0.3, 0.4) is 0 Å². The number of nitrogens with zero attached hydrogens (tertiary/aromatic N) is 1. The maximum Gasteiger partial charge on any atom is 0.453 e. The fraction of sp³-hybridized carbons (Fsp3) is 0.632. The molecular formula is C19H27NO14. The molecule has 2 atom stereocenters. The number of carbonyl (C=O) groups excluding carboxylic acids is 1. The van der Waals surface area contributed by atoms with Crippen LogP contribution in [0.5, 0.6) is 11.5 Å². The Kier molecular flexibility index (Phi) is 5.87. The SMILES string of the molecule is COc1cc2c(cc1OC(O)(O)O)C1(O)N(CC(O)(CC(C)C)C(=O)C1(O)O)C(O)(O)C2(O)O. The summed E-state index contributed by atoms with van der Waals surface area (Å²) in [7, 11) is 0.979. The van der Waals surface area contributed by atoms with E-state index >= 15 is 0 Å². The van der Waals surface area contributed by atoms with Crippen molar-refractivity contribution in [2.45, 2.75) is 55.2 Å². The highest BCUT2D eigenvalue weighted by Crippen LogP contribution is 2.56. The van der Waals surface area contributed by atoms with Crippen molar-refractivity contribution in [1.29, 1.82) is 0 Å². The molecule has 0 aliphatic carbocycles. The first-order valence-corrected chi connectivity index (χ1v) is 9.87. The van der Waals surface area contributed by atoms with E-state index in [4.69, 9.17) is 4.74 Å². The zero-order chi connectivity index (χ0) is 26.3. The van der Waals surface area contributed by atoms with E-state index in [-0.39, 0.29) is 4.90 Å². The second-order valence-corrected chi connectivity index (χ2v) is 8.92. The second-order valence-electron chi connectivity index (χ2n) is 8.92. The van der Waals surface area contributed by atoms with Crippen LogP contribution in [0.2, 0.25) is 0 Å². The minimum Gasteiger partial charge on any atom is -0.493 e. The van der Waals surface area contributed by atoms with Crippen molar-refractivity contribution in [3.8, 4) is 11.5 Å². The molecule has 1 saturated heterocycles. The van der Waals surface area contributed by atoms with Crippen molar-refractivity contribution in [2.75, 3.05) is 13.7 Å². The van der Waals surface area contributed by atoms with Crippen molar-refractivity contribution in [3.05, 3.63) is 23.3 Å². The Balaban J connectivity index is 2.39. The third-order valence-corrected chi connectivity index (χ3v) is 5.93. The summed E-state index contributed by atoms with van der Waals surface area (Å²) in [4.78, 5) is 12.9. The van der Waals surface area contributed by atoms with Gasteiger partial charge in [0.2, 0.25) is 11.5 Å². The Morgan fingerprint density at radius 3 is 1.94 bits per heavy atom. The summed E-state index contributed by atoms with van der Waals surface area (Å²) >= 11 is 0. The predicted molar refractivity (Wildman–Crippen MR) is 103 cm³/mol. The molecule has 1 fully saturated rings. The number of ketones is 1. The van der Waals surface area contributed by atoms with Gasteiger partial charge in [0.25, 0.3) is 17.5 Å². The molecule has 3 rings (SSSR count). The van der Waals surface area contributed by atoms with Crippen molar-refractivity contribution in [2.24, 2.45) is 5.92 Å². The summed E-state index contributed by atoms with van der Waals surface area (Å²) in [5.74, 6) is -15.4. The van der Waals surface area contributed by atoms with E-state index in [1.807, 2.05) is 0 Å². The number of rotatable bonds is 5. The van der Waals surface area contributed by atoms with Crippen molar-refractivity contribution in [1.82, 2.24) is 4.90 Å². The monoisotopic (exact) mass is 493 g/mol. The summed E-state index contributed by atoms with van der Waals surface area (Å²) in [5.41, 5.74) is -8.39. The molecule has 0 saturated carbocycles. The lowest BCUT2D eigenvalue weighted by atomic mass is 9.69. The van der Waals surface area contributed by atoms with Gasteiger partial charge in [0.05, 0.1) is 7.11 Å². The van der Waals surface area contributed by atoms with Crippen molar-refractivity contribution < 1.29 is 70.4 Å². The lowest BCUT2D eigenvalue weighted by Gasteiger charge is -2.62. The molecule has 2 aliphatic rings. The smallest absolute Gasteiger partial charge is 0.453 e. The number of ether oxygens (including phenoxy) is 2. The minimum atomic E-state index is -4.02. The molecular weight excluding hydrogens is 466 g/mol. The van der Waals surface area contributed by atoms with Crippen molar-refractivity contribution >= 4 is 5.78 Å². The topological polar surface area (TPSA) is 261 Å². The Hall–Kier alpha value is -1.99. The zero-order valence-corrected chi connectivity index (χ0v) is 18.2. The minimum absolute atomic E-state index is 0.119. The van der Waals surface area contributed by atoms with Gasteiger partial charge >= 0.3 is 6.16 Å². The molecule has 2 heterocycles. The largest absolute Gasteiger partial charge is 0.493 e. The number of hydrogen-bond acceptors (Lipinski definition) is 15.